The molecule has 0 spiro atoms. The Hall–Kier alpha value is -2.43. The number of thiazole rings is 1. The Bertz CT molecular complexity index is 1030. The monoisotopic (exact) mass is 382 g/mol. The molecule has 0 bridgehead atoms. The predicted molar refractivity (Wildman–Crippen MR) is 107 cm³/mol. The molecule has 1 N–H and O–H groups in total. The lowest BCUT2D eigenvalue weighted by atomic mass is 10.1. The number of nitriles is 1. The smallest absolute Gasteiger partial charge is 0.236 e. The molecule has 26 heavy (non-hydrogen) atoms. The Labute approximate surface area is 160 Å². The molecule has 0 unspecified atom stereocenters. The van der Waals surface area contributed by atoms with E-state index >= 15 is 0 Å². The summed E-state index contributed by atoms with van der Waals surface area (Å²) in [7, 11) is 0. The van der Waals surface area contributed by atoms with E-state index in [-0.39, 0.29) is 11.7 Å². The molecule has 0 saturated heterocycles. The van der Waals surface area contributed by atoms with Crippen molar-refractivity contribution in [2.24, 2.45) is 0 Å². The number of anilines is 1. The van der Waals surface area contributed by atoms with Gasteiger partial charge in [-0.3, -0.25) is 4.79 Å². The number of nitrogens with one attached hydrogen (secondary N) is 1. The second-order valence-corrected chi connectivity index (χ2v) is 8.25. The number of pyridine rings is 1. The predicted octanol–water partition coefficient (Wildman–Crippen LogP) is 4.53. The van der Waals surface area contributed by atoms with Crippen molar-refractivity contribution in [3.63, 3.8) is 0 Å². The third-order valence-corrected chi connectivity index (χ3v) is 6.11. The van der Waals surface area contributed by atoms with Gasteiger partial charge in [-0.2, -0.15) is 5.26 Å². The standard InChI is InChI=1S/C19H18N4OS2/c1-10-5-14-7-15(8-20)18(22-16(14)6-11(10)2)25-9-17(24)23-19-21-12(3)13(4)26-19/h5-7H,9H2,1-4H3,(H,21,23,24). The van der Waals surface area contributed by atoms with Crippen molar-refractivity contribution in [1.82, 2.24) is 9.97 Å². The number of benzene rings is 1. The van der Waals surface area contributed by atoms with Crippen molar-refractivity contribution >= 4 is 45.0 Å². The summed E-state index contributed by atoms with van der Waals surface area (Å²) >= 11 is 2.72. The van der Waals surface area contributed by atoms with Crippen LogP contribution in [0.3, 0.4) is 0 Å². The van der Waals surface area contributed by atoms with E-state index in [2.05, 4.69) is 21.4 Å². The Balaban J connectivity index is 1.78. The first-order valence-corrected chi connectivity index (χ1v) is 9.86. The highest BCUT2D eigenvalue weighted by atomic mass is 32.2. The molecule has 5 nitrogen and oxygen atoms in total. The minimum Gasteiger partial charge on any atom is -0.301 e. The van der Waals surface area contributed by atoms with Gasteiger partial charge < -0.3 is 5.32 Å². The van der Waals surface area contributed by atoms with E-state index in [1.54, 1.807) is 0 Å². The molecule has 3 rings (SSSR count). The normalized spacial score (nSPS) is 10.7. The minimum atomic E-state index is -0.158. The van der Waals surface area contributed by atoms with Crippen molar-refractivity contribution in [2.75, 3.05) is 11.1 Å². The molecule has 2 heterocycles. The van der Waals surface area contributed by atoms with Gasteiger partial charge in [0, 0.05) is 10.3 Å². The van der Waals surface area contributed by atoms with Crippen LogP contribution in [0.2, 0.25) is 0 Å². The fourth-order valence-corrected chi connectivity index (χ4v) is 4.02. The van der Waals surface area contributed by atoms with E-state index in [4.69, 9.17) is 0 Å². The minimum absolute atomic E-state index is 0.158. The van der Waals surface area contributed by atoms with Gasteiger partial charge in [-0.1, -0.05) is 11.8 Å². The molecule has 0 fully saturated rings. The first kappa shape index (κ1) is 18.4. The van der Waals surface area contributed by atoms with Crippen LogP contribution in [0.25, 0.3) is 10.9 Å². The second kappa shape index (κ2) is 7.44. The average Bonchev–Trinajstić information content (AvgIpc) is 2.91. The van der Waals surface area contributed by atoms with Gasteiger partial charge in [0.15, 0.2) is 5.13 Å². The van der Waals surface area contributed by atoms with Crippen LogP contribution in [0.4, 0.5) is 5.13 Å². The van der Waals surface area contributed by atoms with Gasteiger partial charge in [0.1, 0.15) is 11.1 Å². The first-order valence-electron chi connectivity index (χ1n) is 8.06. The summed E-state index contributed by atoms with van der Waals surface area (Å²) in [6.07, 6.45) is 0. The van der Waals surface area contributed by atoms with Crippen molar-refractivity contribution in [1.29, 1.82) is 5.26 Å². The zero-order valence-electron chi connectivity index (χ0n) is 15.0. The third-order valence-electron chi connectivity index (χ3n) is 4.13. The summed E-state index contributed by atoms with van der Waals surface area (Å²) in [6.45, 7) is 7.96. The molecular formula is C19H18N4OS2. The average molecular weight is 383 g/mol. The molecule has 132 valence electrons. The number of carbonyl (C=O) groups excluding carboxylic acids is 1. The molecule has 0 aliphatic carbocycles. The fourth-order valence-electron chi connectivity index (χ4n) is 2.43. The zero-order valence-corrected chi connectivity index (χ0v) is 16.6. The summed E-state index contributed by atoms with van der Waals surface area (Å²) in [6, 6.07) is 8.06. The van der Waals surface area contributed by atoms with Gasteiger partial charge in [-0.05, 0) is 57.0 Å². The number of fused-ring (bicyclic) bond motifs is 1. The maximum absolute atomic E-state index is 12.2. The topological polar surface area (TPSA) is 78.7 Å². The van der Waals surface area contributed by atoms with E-state index in [9.17, 15) is 10.1 Å². The lowest BCUT2D eigenvalue weighted by molar-refractivity contribution is -0.113. The molecule has 0 aliphatic heterocycles. The largest absolute Gasteiger partial charge is 0.301 e. The van der Waals surface area contributed by atoms with Crippen LogP contribution in [0.15, 0.2) is 23.2 Å². The van der Waals surface area contributed by atoms with Crippen molar-refractivity contribution in [2.45, 2.75) is 32.7 Å². The molecule has 0 atom stereocenters. The Morgan fingerprint density at radius 3 is 2.58 bits per heavy atom. The quantitative estimate of drug-likeness (QED) is 0.671. The molecular weight excluding hydrogens is 364 g/mol. The summed E-state index contributed by atoms with van der Waals surface area (Å²) in [5.74, 6) is 0.0185. The molecule has 0 radical (unpaired) electrons. The van der Waals surface area contributed by atoms with Gasteiger partial charge in [0.05, 0.1) is 22.5 Å². The maximum atomic E-state index is 12.2. The number of rotatable bonds is 4. The molecule has 0 aliphatic rings. The second-order valence-electron chi connectivity index (χ2n) is 6.08. The Morgan fingerprint density at radius 1 is 1.19 bits per heavy atom. The van der Waals surface area contributed by atoms with Crippen LogP contribution in [-0.2, 0) is 4.79 Å². The summed E-state index contributed by atoms with van der Waals surface area (Å²) in [5.41, 5.74) is 4.56. The molecule has 7 heteroatoms. The zero-order chi connectivity index (χ0) is 18.8. The molecule has 3 aromatic rings. The lowest BCUT2D eigenvalue weighted by Gasteiger charge is -2.08. The van der Waals surface area contributed by atoms with Crippen molar-refractivity contribution < 1.29 is 4.79 Å². The van der Waals surface area contributed by atoms with Gasteiger partial charge in [0.2, 0.25) is 5.91 Å². The summed E-state index contributed by atoms with van der Waals surface area (Å²) in [4.78, 5) is 22.2. The number of nitrogens with zero attached hydrogens (tertiary/aromatic N) is 3. The first-order chi connectivity index (χ1) is 12.4. The van der Waals surface area contributed by atoms with Crippen LogP contribution < -0.4 is 5.32 Å². The van der Waals surface area contributed by atoms with Crippen LogP contribution in [0.1, 0.15) is 27.3 Å². The highest BCUT2D eigenvalue weighted by Gasteiger charge is 2.13. The number of hydrogen-bond acceptors (Lipinski definition) is 6. The highest BCUT2D eigenvalue weighted by Crippen LogP contribution is 2.27. The van der Waals surface area contributed by atoms with Gasteiger partial charge in [-0.15, -0.1) is 11.3 Å². The summed E-state index contributed by atoms with van der Waals surface area (Å²) < 4.78 is 0. The van der Waals surface area contributed by atoms with Crippen LogP contribution in [0.5, 0.6) is 0 Å². The third kappa shape index (κ3) is 3.87. The SMILES string of the molecule is Cc1cc2cc(C#N)c(SCC(=O)Nc3nc(C)c(C)s3)nc2cc1C. The van der Waals surface area contributed by atoms with E-state index in [0.29, 0.717) is 15.7 Å². The van der Waals surface area contributed by atoms with Crippen LogP contribution >= 0.6 is 23.1 Å². The highest BCUT2D eigenvalue weighted by molar-refractivity contribution is 8.00. The number of amides is 1. The summed E-state index contributed by atoms with van der Waals surface area (Å²) in [5, 5.41) is 14.3. The van der Waals surface area contributed by atoms with Crippen molar-refractivity contribution in [3.8, 4) is 6.07 Å². The number of thioether (sulfide) groups is 1. The molecule has 2 aromatic heterocycles. The van der Waals surface area contributed by atoms with E-state index in [1.165, 1.54) is 23.1 Å². The van der Waals surface area contributed by atoms with Crippen molar-refractivity contribution in [3.05, 3.63) is 45.5 Å². The molecule has 1 amide bonds. The Kier molecular flexibility index (Phi) is 5.25. The van der Waals surface area contributed by atoms with Crippen LogP contribution in [-0.4, -0.2) is 21.6 Å². The van der Waals surface area contributed by atoms with E-state index in [0.717, 1.165) is 32.6 Å². The maximum Gasteiger partial charge on any atom is 0.236 e. The van der Waals surface area contributed by atoms with Gasteiger partial charge >= 0.3 is 0 Å². The number of aryl methyl sites for hydroxylation is 4. The van der Waals surface area contributed by atoms with Crippen LogP contribution in [0, 0.1) is 39.0 Å². The molecule has 1 aromatic carbocycles. The van der Waals surface area contributed by atoms with Gasteiger partial charge in [-0.25, -0.2) is 9.97 Å². The van der Waals surface area contributed by atoms with E-state index in [1.807, 2.05) is 45.9 Å². The van der Waals surface area contributed by atoms with Gasteiger partial charge in [0.25, 0.3) is 0 Å². The Morgan fingerprint density at radius 2 is 1.92 bits per heavy atom. The fraction of sp³-hybridized carbons (Fsp3) is 0.263. The number of aromatic nitrogens is 2. The number of hydrogen-bond donors (Lipinski definition) is 1. The molecule has 0 saturated carbocycles. The van der Waals surface area contributed by atoms with E-state index < -0.39 is 0 Å². The lowest BCUT2D eigenvalue weighted by Crippen LogP contribution is -2.14. The number of carbonyl (C=O) groups is 1.